The molecule has 0 saturated carbocycles. The van der Waals surface area contributed by atoms with E-state index in [1.807, 2.05) is 30.3 Å². The molecule has 1 unspecified atom stereocenters. The van der Waals surface area contributed by atoms with Crippen LogP contribution in [-0.2, 0) is 6.54 Å². The van der Waals surface area contributed by atoms with Crippen molar-refractivity contribution in [3.8, 4) is 5.75 Å². The number of hydrogen-bond donors (Lipinski definition) is 0. The lowest BCUT2D eigenvalue weighted by Crippen LogP contribution is -2.46. The van der Waals surface area contributed by atoms with E-state index >= 15 is 0 Å². The summed E-state index contributed by atoms with van der Waals surface area (Å²) in [6.45, 7) is 8.73. The monoisotopic (exact) mass is 368 g/mol. The Balaban J connectivity index is 1.83. The van der Waals surface area contributed by atoms with Crippen LogP contribution in [-0.4, -0.2) is 31.2 Å². The number of likely N-dealkylation sites (N-methyl/N-ethyl adjacent to an activating group) is 1. The van der Waals surface area contributed by atoms with Gasteiger partial charge in [-0.25, -0.2) is 0 Å². The Bertz CT molecular complexity index is 611. The first-order valence-corrected chi connectivity index (χ1v) is 10.6. The van der Waals surface area contributed by atoms with Gasteiger partial charge >= 0.3 is 0 Å². The molecular formula is C25H38NO+. The first-order valence-electron chi connectivity index (χ1n) is 10.6. The Morgan fingerprint density at radius 1 is 0.778 bits per heavy atom. The summed E-state index contributed by atoms with van der Waals surface area (Å²) < 4.78 is 7.04. The van der Waals surface area contributed by atoms with Crippen LogP contribution < -0.4 is 4.74 Å². The van der Waals surface area contributed by atoms with Crippen molar-refractivity contribution < 1.29 is 9.22 Å². The molecule has 0 aliphatic carbocycles. The minimum atomic E-state index is 0.765. The highest BCUT2D eigenvalue weighted by molar-refractivity contribution is 5.20. The number of hydrogen-bond acceptors (Lipinski definition) is 1. The summed E-state index contributed by atoms with van der Waals surface area (Å²) in [5, 5.41) is 0. The molecule has 2 heteroatoms. The molecular weight excluding hydrogens is 330 g/mol. The van der Waals surface area contributed by atoms with Gasteiger partial charge in [0.1, 0.15) is 25.4 Å². The van der Waals surface area contributed by atoms with Crippen molar-refractivity contribution in [2.24, 2.45) is 5.92 Å². The molecule has 148 valence electrons. The quantitative estimate of drug-likeness (QED) is 0.297. The standard InChI is InChI=1S/C25H38NO/c1-23(2)14-8-4-5-13-19-26(3,22-24-15-9-6-10-16-24)20-21-27-25-17-11-7-12-18-25/h6-7,9-12,15-18,23H,4-5,8,13-14,19-22H2,1-3H3/q+1. The van der Waals surface area contributed by atoms with Crippen LogP contribution in [0.5, 0.6) is 5.75 Å². The highest BCUT2D eigenvalue weighted by atomic mass is 16.5. The molecule has 0 aliphatic heterocycles. The summed E-state index contributed by atoms with van der Waals surface area (Å²) in [5.41, 5.74) is 1.42. The number of para-hydroxylation sites is 1. The number of unbranched alkanes of at least 4 members (excludes halogenated alkanes) is 3. The zero-order valence-electron chi connectivity index (χ0n) is 17.6. The fourth-order valence-corrected chi connectivity index (χ4v) is 3.59. The second kappa shape index (κ2) is 11.8. The molecule has 0 saturated heterocycles. The van der Waals surface area contributed by atoms with Gasteiger partial charge in [-0.1, -0.05) is 81.6 Å². The van der Waals surface area contributed by atoms with Crippen LogP contribution in [0.25, 0.3) is 0 Å². The van der Waals surface area contributed by atoms with Crippen LogP contribution in [0.3, 0.4) is 0 Å². The van der Waals surface area contributed by atoms with Gasteiger partial charge < -0.3 is 9.22 Å². The van der Waals surface area contributed by atoms with E-state index in [2.05, 4.69) is 51.2 Å². The number of nitrogens with zero attached hydrogens (tertiary/aromatic N) is 1. The van der Waals surface area contributed by atoms with Gasteiger partial charge in [-0.15, -0.1) is 0 Å². The lowest BCUT2D eigenvalue weighted by molar-refractivity contribution is -0.922. The van der Waals surface area contributed by atoms with E-state index in [1.54, 1.807) is 0 Å². The molecule has 2 nitrogen and oxygen atoms in total. The molecule has 2 aromatic carbocycles. The van der Waals surface area contributed by atoms with Gasteiger partial charge in [0, 0.05) is 5.56 Å². The van der Waals surface area contributed by atoms with Gasteiger partial charge in [0.15, 0.2) is 0 Å². The molecule has 0 bridgehead atoms. The molecule has 27 heavy (non-hydrogen) atoms. The summed E-state index contributed by atoms with van der Waals surface area (Å²) in [7, 11) is 2.38. The van der Waals surface area contributed by atoms with E-state index < -0.39 is 0 Å². The predicted molar refractivity (Wildman–Crippen MR) is 116 cm³/mol. The Hall–Kier alpha value is -1.80. The summed E-state index contributed by atoms with van der Waals surface area (Å²) in [6, 6.07) is 21.1. The van der Waals surface area contributed by atoms with Crippen molar-refractivity contribution in [1.82, 2.24) is 0 Å². The fraction of sp³-hybridized carbons (Fsp3) is 0.520. The smallest absolute Gasteiger partial charge is 0.137 e. The summed E-state index contributed by atoms with van der Waals surface area (Å²) in [4.78, 5) is 0. The number of ether oxygens (including phenoxy) is 1. The van der Waals surface area contributed by atoms with Crippen LogP contribution in [0.4, 0.5) is 0 Å². The minimum Gasteiger partial charge on any atom is -0.488 e. The second-order valence-electron chi connectivity index (χ2n) is 8.47. The minimum absolute atomic E-state index is 0.765. The molecule has 0 aliphatic rings. The third-order valence-electron chi connectivity index (χ3n) is 5.28. The highest BCUT2D eigenvalue weighted by Crippen LogP contribution is 2.17. The van der Waals surface area contributed by atoms with Crippen LogP contribution in [0.15, 0.2) is 60.7 Å². The third kappa shape index (κ3) is 9.10. The lowest BCUT2D eigenvalue weighted by atomic mass is 10.0. The summed E-state index contributed by atoms with van der Waals surface area (Å²) in [6.07, 6.45) is 6.74. The fourth-order valence-electron chi connectivity index (χ4n) is 3.59. The highest BCUT2D eigenvalue weighted by Gasteiger charge is 2.22. The molecule has 0 spiro atoms. The first kappa shape index (κ1) is 21.5. The van der Waals surface area contributed by atoms with Crippen molar-refractivity contribution in [2.45, 2.75) is 52.5 Å². The van der Waals surface area contributed by atoms with Crippen molar-refractivity contribution in [1.29, 1.82) is 0 Å². The topological polar surface area (TPSA) is 9.23 Å². The Labute approximate surface area is 166 Å². The van der Waals surface area contributed by atoms with Gasteiger partial charge in [-0.2, -0.15) is 0 Å². The van der Waals surface area contributed by atoms with Gasteiger partial charge in [0.2, 0.25) is 0 Å². The molecule has 0 amide bonds. The largest absolute Gasteiger partial charge is 0.488 e. The SMILES string of the molecule is CC(C)CCCCCC[N+](C)(CCOc1ccccc1)Cc1ccccc1. The summed E-state index contributed by atoms with van der Waals surface area (Å²) >= 11 is 0. The molecule has 0 radical (unpaired) electrons. The molecule has 1 atom stereocenters. The Morgan fingerprint density at radius 3 is 2.07 bits per heavy atom. The average Bonchev–Trinajstić information content (AvgIpc) is 2.66. The van der Waals surface area contributed by atoms with Crippen molar-refractivity contribution in [2.75, 3.05) is 26.7 Å². The normalized spacial score (nSPS) is 13.5. The molecule has 2 rings (SSSR count). The Kier molecular flexibility index (Phi) is 9.41. The Morgan fingerprint density at radius 2 is 1.41 bits per heavy atom. The van der Waals surface area contributed by atoms with Crippen LogP contribution >= 0.6 is 0 Å². The van der Waals surface area contributed by atoms with Crippen molar-refractivity contribution in [3.63, 3.8) is 0 Å². The first-order chi connectivity index (χ1) is 13.1. The van der Waals surface area contributed by atoms with E-state index in [0.717, 1.165) is 35.8 Å². The molecule has 0 heterocycles. The van der Waals surface area contributed by atoms with Gasteiger partial charge in [0.25, 0.3) is 0 Å². The predicted octanol–water partition coefficient (Wildman–Crippen LogP) is 6.32. The second-order valence-corrected chi connectivity index (χ2v) is 8.47. The van der Waals surface area contributed by atoms with Crippen LogP contribution in [0, 0.1) is 5.92 Å². The maximum absolute atomic E-state index is 5.99. The van der Waals surface area contributed by atoms with E-state index in [-0.39, 0.29) is 0 Å². The number of benzene rings is 2. The van der Waals surface area contributed by atoms with Crippen LogP contribution in [0.1, 0.15) is 51.5 Å². The molecule has 0 aromatic heterocycles. The van der Waals surface area contributed by atoms with Crippen molar-refractivity contribution in [3.05, 3.63) is 66.2 Å². The summed E-state index contributed by atoms with van der Waals surface area (Å²) in [5.74, 6) is 1.80. The van der Waals surface area contributed by atoms with E-state index in [1.165, 1.54) is 44.2 Å². The average molecular weight is 369 g/mol. The van der Waals surface area contributed by atoms with Crippen LogP contribution in [0.2, 0.25) is 0 Å². The van der Waals surface area contributed by atoms with Crippen molar-refractivity contribution >= 4 is 0 Å². The van der Waals surface area contributed by atoms with Gasteiger partial charge in [0.05, 0.1) is 13.6 Å². The zero-order valence-corrected chi connectivity index (χ0v) is 17.6. The molecule has 0 N–H and O–H groups in total. The number of quaternary nitrogens is 1. The van der Waals surface area contributed by atoms with Gasteiger partial charge in [-0.3, -0.25) is 0 Å². The van der Waals surface area contributed by atoms with Gasteiger partial charge in [-0.05, 0) is 30.9 Å². The lowest BCUT2D eigenvalue weighted by Gasteiger charge is -2.35. The third-order valence-corrected chi connectivity index (χ3v) is 5.28. The maximum atomic E-state index is 5.99. The van der Waals surface area contributed by atoms with E-state index in [4.69, 9.17) is 4.74 Å². The van der Waals surface area contributed by atoms with E-state index in [9.17, 15) is 0 Å². The maximum Gasteiger partial charge on any atom is 0.137 e. The molecule has 2 aromatic rings. The molecule has 0 fully saturated rings. The number of rotatable bonds is 13. The zero-order chi connectivity index (χ0) is 19.4. The van der Waals surface area contributed by atoms with E-state index in [0.29, 0.717) is 0 Å².